The zero-order valence-corrected chi connectivity index (χ0v) is 17.2. The lowest BCUT2D eigenvalue weighted by atomic mass is 9.93. The zero-order chi connectivity index (χ0) is 22.3. The van der Waals surface area contributed by atoms with Crippen LogP contribution < -0.4 is 4.74 Å². The second kappa shape index (κ2) is 7.94. The van der Waals surface area contributed by atoms with Crippen molar-refractivity contribution in [2.24, 2.45) is 0 Å². The number of alkyl halides is 3. The molecule has 0 saturated carbocycles. The van der Waals surface area contributed by atoms with Gasteiger partial charge in [-0.3, -0.25) is 10.1 Å². The number of nitrogens with one attached hydrogen (secondary N) is 1. The van der Waals surface area contributed by atoms with Crippen LogP contribution >= 0.6 is 11.6 Å². The number of aromatic amines is 1. The van der Waals surface area contributed by atoms with E-state index in [0.717, 1.165) is 17.7 Å². The smallest absolute Gasteiger partial charge is 0.435 e. The van der Waals surface area contributed by atoms with E-state index < -0.39 is 11.9 Å². The van der Waals surface area contributed by atoms with Crippen molar-refractivity contribution in [1.29, 1.82) is 0 Å². The van der Waals surface area contributed by atoms with Crippen LogP contribution in [0.3, 0.4) is 0 Å². The van der Waals surface area contributed by atoms with Gasteiger partial charge in [0.15, 0.2) is 5.69 Å². The summed E-state index contributed by atoms with van der Waals surface area (Å²) in [5.74, 6) is 1.02. The van der Waals surface area contributed by atoms with Gasteiger partial charge in [0.05, 0.1) is 18.6 Å². The Bertz CT molecular complexity index is 1270. The molecule has 0 radical (unpaired) electrons. The summed E-state index contributed by atoms with van der Waals surface area (Å²) < 4.78 is 47.2. The summed E-state index contributed by atoms with van der Waals surface area (Å²) >= 11 is 6.16. The SMILES string of the molecule is FC(F)(F)c1[nH]nnc1-c1ccnc(-c2cn(C[C@H]3CCOc4ccc(Cl)cc43)cn2)c1. The zero-order valence-electron chi connectivity index (χ0n) is 16.5. The highest BCUT2D eigenvalue weighted by Crippen LogP contribution is 2.37. The first-order valence-corrected chi connectivity index (χ1v) is 10.2. The van der Waals surface area contributed by atoms with Crippen molar-refractivity contribution in [3.05, 3.63) is 65.3 Å². The van der Waals surface area contributed by atoms with Crippen LogP contribution in [0.15, 0.2) is 49.1 Å². The third kappa shape index (κ3) is 3.93. The van der Waals surface area contributed by atoms with Gasteiger partial charge in [-0.05, 0) is 36.8 Å². The molecule has 0 bridgehead atoms. The number of rotatable bonds is 4. The highest BCUT2D eigenvalue weighted by molar-refractivity contribution is 6.30. The number of fused-ring (bicyclic) bond motifs is 1. The predicted molar refractivity (Wildman–Crippen MR) is 110 cm³/mol. The number of ether oxygens (including phenoxy) is 1. The van der Waals surface area contributed by atoms with Crippen LogP contribution in [0.25, 0.3) is 22.6 Å². The molecule has 11 heteroatoms. The fraction of sp³-hybridized carbons (Fsp3) is 0.238. The Kier molecular flexibility index (Phi) is 5.09. The van der Waals surface area contributed by atoms with Crippen LogP contribution in [0.4, 0.5) is 13.2 Å². The monoisotopic (exact) mass is 460 g/mol. The van der Waals surface area contributed by atoms with Gasteiger partial charge < -0.3 is 9.30 Å². The minimum Gasteiger partial charge on any atom is -0.493 e. The molecule has 5 rings (SSSR count). The van der Waals surface area contributed by atoms with Crippen molar-refractivity contribution in [3.8, 4) is 28.4 Å². The molecule has 32 heavy (non-hydrogen) atoms. The Morgan fingerprint density at radius 1 is 1.16 bits per heavy atom. The molecule has 164 valence electrons. The second-order valence-electron chi connectivity index (χ2n) is 7.43. The van der Waals surface area contributed by atoms with Crippen LogP contribution in [-0.4, -0.2) is 36.6 Å². The van der Waals surface area contributed by atoms with Gasteiger partial charge in [0.1, 0.15) is 17.1 Å². The lowest BCUT2D eigenvalue weighted by molar-refractivity contribution is -0.140. The van der Waals surface area contributed by atoms with E-state index in [1.165, 1.54) is 18.3 Å². The summed E-state index contributed by atoms with van der Waals surface area (Å²) in [5, 5.41) is 9.47. The van der Waals surface area contributed by atoms with Crippen molar-refractivity contribution in [2.75, 3.05) is 6.61 Å². The molecule has 0 unspecified atom stereocenters. The fourth-order valence-corrected chi connectivity index (χ4v) is 4.00. The maximum Gasteiger partial charge on any atom is 0.435 e. The summed E-state index contributed by atoms with van der Waals surface area (Å²) in [7, 11) is 0. The first kappa shape index (κ1) is 20.5. The van der Waals surface area contributed by atoms with Gasteiger partial charge in [0.2, 0.25) is 0 Å². The molecule has 1 aliphatic heterocycles. The van der Waals surface area contributed by atoms with Gasteiger partial charge in [-0.1, -0.05) is 16.8 Å². The van der Waals surface area contributed by atoms with E-state index in [-0.39, 0.29) is 17.2 Å². The standard InChI is InChI=1S/C21H16ClF3N6O/c22-14-1-2-18-15(8-14)13(4-6-32-18)9-31-10-17(27-11-31)16-7-12(3-5-26-16)19-20(21(23,24)25)29-30-28-19/h1-3,5,7-8,10-11,13H,4,6,9H2,(H,28,29,30)/t13-/m1/s1. The lowest BCUT2D eigenvalue weighted by Gasteiger charge is -2.26. The molecular formula is C21H16ClF3N6O. The Hall–Kier alpha value is -3.40. The van der Waals surface area contributed by atoms with Crippen molar-refractivity contribution >= 4 is 11.6 Å². The number of nitrogens with zero attached hydrogens (tertiary/aromatic N) is 5. The summed E-state index contributed by atoms with van der Waals surface area (Å²) in [6.45, 7) is 1.27. The van der Waals surface area contributed by atoms with E-state index in [0.29, 0.717) is 29.6 Å². The lowest BCUT2D eigenvalue weighted by Crippen LogP contribution is -2.18. The molecule has 4 heterocycles. The summed E-state index contributed by atoms with van der Waals surface area (Å²) in [6.07, 6.45) is 1.17. The van der Waals surface area contributed by atoms with Gasteiger partial charge in [-0.25, -0.2) is 4.98 Å². The normalized spacial score (nSPS) is 15.9. The Morgan fingerprint density at radius 3 is 2.88 bits per heavy atom. The molecule has 4 aromatic rings. The third-order valence-electron chi connectivity index (χ3n) is 5.33. The maximum absolute atomic E-state index is 13.2. The Balaban J connectivity index is 1.40. The van der Waals surface area contributed by atoms with Crippen LogP contribution in [0.1, 0.15) is 23.6 Å². The van der Waals surface area contributed by atoms with E-state index in [1.807, 2.05) is 28.0 Å². The Morgan fingerprint density at radius 2 is 2.03 bits per heavy atom. The van der Waals surface area contributed by atoms with Crippen molar-refractivity contribution in [3.63, 3.8) is 0 Å². The number of imidazole rings is 1. The van der Waals surface area contributed by atoms with Crippen molar-refractivity contribution < 1.29 is 17.9 Å². The maximum atomic E-state index is 13.2. The Labute approximate surface area is 185 Å². The minimum atomic E-state index is -4.59. The summed E-state index contributed by atoms with van der Waals surface area (Å²) in [5.41, 5.74) is 0.992. The number of pyridine rings is 1. The molecule has 0 aliphatic carbocycles. The van der Waals surface area contributed by atoms with Crippen LogP contribution in [0.2, 0.25) is 5.02 Å². The molecule has 1 aliphatic rings. The molecular weight excluding hydrogens is 445 g/mol. The van der Waals surface area contributed by atoms with E-state index in [2.05, 4.69) is 20.3 Å². The molecule has 0 saturated heterocycles. The van der Waals surface area contributed by atoms with Crippen molar-refractivity contribution in [2.45, 2.75) is 25.1 Å². The molecule has 1 N–H and O–H groups in total. The molecule has 1 atom stereocenters. The predicted octanol–water partition coefficient (Wildman–Crippen LogP) is 4.97. The van der Waals surface area contributed by atoms with Crippen LogP contribution in [0, 0.1) is 0 Å². The number of hydrogen-bond acceptors (Lipinski definition) is 5. The number of H-pyrrole nitrogens is 1. The molecule has 0 fully saturated rings. The molecule has 0 spiro atoms. The number of hydrogen-bond donors (Lipinski definition) is 1. The summed E-state index contributed by atoms with van der Waals surface area (Å²) in [6, 6.07) is 8.56. The van der Waals surface area contributed by atoms with Gasteiger partial charge in [-0.15, -0.1) is 5.10 Å². The van der Waals surface area contributed by atoms with E-state index in [1.54, 1.807) is 12.4 Å². The number of aromatic nitrogens is 6. The van der Waals surface area contributed by atoms with Gasteiger partial charge >= 0.3 is 6.18 Å². The van der Waals surface area contributed by atoms with Crippen LogP contribution in [0.5, 0.6) is 5.75 Å². The van der Waals surface area contributed by atoms with Crippen LogP contribution in [-0.2, 0) is 12.7 Å². The molecule has 7 nitrogen and oxygen atoms in total. The number of halogens is 4. The van der Waals surface area contributed by atoms with Gasteiger partial charge in [0, 0.05) is 41.0 Å². The second-order valence-corrected chi connectivity index (χ2v) is 7.87. The topological polar surface area (TPSA) is 81.5 Å². The van der Waals surface area contributed by atoms with E-state index in [4.69, 9.17) is 16.3 Å². The number of benzene rings is 1. The highest BCUT2D eigenvalue weighted by Gasteiger charge is 2.37. The third-order valence-corrected chi connectivity index (χ3v) is 5.56. The van der Waals surface area contributed by atoms with E-state index >= 15 is 0 Å². The minimum absolute atomic E-state index is 0.197. The largest absolute Gasteiger partial charge is 0.493 e. The van der Waals surface area contributed by atoms with Gasteiger partial charge in [-0.2, -0.15) is 13.2 Å². The van der Waals surface area contributed by atoms with Crippen molar-refractivity contribution in [1.82, 2.24) is 29.9 Å². The summed E-state index contributed by atoms with van der Waals surface area (Å²) in [4.78, 5) is 8.66. The van der Waals surface area contributed by atoms with E-state index in [9.17, 15) is 13.2 Å². The molecule has 0 amide bonds. The highest BCUT2D eigenvalue weighted by atomic mass is 35.5. The quantitative estimate of drug-likeness (QED) is 0.465. The molecule has 3 aromatic heterocycles. The van der Waals surface area contributed by atoms with Gasteiger partial charge in [0.25, 0.3) is 0 Å². The molecule has 1 aromatic carbocycles. The average molecular weight is 461 g/mol. The first-order chi connectivity index (χ1) is 15.4. The fourth-order valence-electron chi connectivity index (χ4n) is 3.82. The first-order valence-electron chi connectivity index (χ1n) is 9.77. The average Bonchev–Trinajstić information content (AvgIpc) is 3.44.